The summed E-state index contributed by atoms with van der Waals surface area (Å²) in [5.41, 5.74) is 1.12. The number of aromatic hydroxyl groups is 1. The number of nitrogens with zero attached hydrogens (tertiary/aromatic N) is 1. The predicted molar refractivity (Wildman–Crippen MR) is 87.1 cm³/mol. The number of carbonyl (C=O) groups excluding carboxylic acids is 1. The minimum Gasteiger partial charge on any atom is -0.508 e. The van der Waals surface area contributed by atoms with Crippen LogP contribution in [-0.2, 0) is 11.2 Å². The zero-order valence-electron chi connectivity index (χ0n) is 13.0. The summed E-state index contributed by atoms with van der Waals surface area (Å²) in [6.07, 6.45) is 6.57. The van der Waals surface area contributed by atoms with Crippen LogP contribution in [0.2, 0.25) is 0 Å². The molecular weight excluding hydrogens is 290 g/mol. The highest BCUT2D eigenvalue weighted by Gasteiger charge is 2.28. The lowest BCUT2D eigenvalue weighted by molar-refractivity contribution is -0.140. The van der Waals surface area contributed by atoms with Crippen molar-refractivity contribution in [3.63, 3.8) is 0 Å². The molecule has 1 aromatic carbocycles. The van der Waals surface area contributed by atoms with Crippen molar-refractivity contribution in [3.05, 3.63) is 54.4 Å². The Morgan fingerprint density at radius 1 is 1.13 bits per heavy atom. The van der Waals surface area contributed by atoms with E-state index in [4.69, 9.17) is 4.74 Å². The normalized spacial score (nSPS) is 20.9. The third kappa shape index (κ3) is 4.31. The Kier molecular flexibility index (Phi) is 4.91. The van der Waals surface area contributed by atoms with Gasteiger partial charge in [-0.05, 0) is 62.3 Å². The first-order valence-electron chi connectivity index (χ1n) is 8.11. The summed E-state index contributed by atoms with van der Waals surface area (Å²) in [6, 6.07) is 12.4. The number of pyridine rings is 1. The Hall–Kier alpha value is -2.36. The summed E-state index contributed by atoms with van der Waals surface area (Å²) in [5.74, 6) is 0.874. The third-order valence-electron chi connectivity index (χ3n) is 4.44. The van der Waals surface area contributed by atoms with E-state index in [9.17, 15) is 9.90 Å². The van der Waals surface area contributed by atoms with Crippen molar-refractivity contribution in [2.24, 2.45) is 11.8 Å². The number of benzene rings is 1. The molecule has 1 N–H and O–H groups in total. The van der Waals surface area contributed by atoms with Crippen molar-refractivity contribution in [1.82, 2.24) is 4.98 Å². The first-order valence-corrected chi connectivity index (χ1v) is 8.11. The SMILES string of the molecule is O=C(Oc1cccc(O)c1)C1CCC(Cc2ccccn2)CC1. The van der Waals surface area contributed by atoms with Crippen LogP contribution >= 0.6 is 0 Å². The van der Waals surface area contributed by atoms with Crippen molar-refractivity contribution in [1.29, 1.82) is 0 Å². The lowest BCUT2D eigenvalue weighted by atomic mass is 9.80. The van der Waals surface area contributed by atoms with Gasteiger partial charge in [0.15, 0.2) is 0 Å². The average Bonchev–Trinajstić information content (AvgIpc) is 2.56. The van der Waals surface area contributed by atoms with Crippen molar-refractivity contribution in [2.75, 3.05) is 0 Å². The molecule has 0 spiro atoms. The van der Waals surface area contributed by atoms with Gasteiger partial charge in [0.25, 0.3) is 0 Å². The highest BCUT2D eigenvalue weighted by molar-refractivity contribution is 5.75. The molecule has 0 saturated heterocycles. The highest BCUT2D eigenvalue weighted by Crippen LogP contribution is 2.32. The molecule has 23 heavy (non-hydrogen) atoms. The van der Waals surface area contributed by atoms with Crippen LogP contribution in [-0.4, -0.2) is 16.1 Å². The molecule has 0 bridgehead atoms. The summed E-state index contributed by atoms with van der Waals surface area (Å²) in [7, 11) is 0. The van der Waals surface area contributed by atoms with E-state index in [0.717, 1.165) is 37.8 Å². The molecule has 1 aliphatic rings. The highest BCUT2D eigenvalue weighted by atomic mass is 16.5. The van der Waals surface area contributed by atoms with Crippen LogP contribution in [0.15, 0.2) is 48.7 Å². The lowest BCUT2D eigenvalue weighted by Gasteiger charge is -2.27. The molecule has 0 atom stereocenters. The first kappa shape index (κ1) is 15.5. The van der Waals surface area contributed by atoms with E-state index in [1.807, 2.05) is 18.3 Å². The summed E-state index contributed by atoms with van der Waals surface area (Å²) < 4.78 is 5.38. The van der Waals surface area contributed by atoms with Gasteiger partial charge in [0, 0.05) is 18.0 Å². The average molecular weight is 311 g/mol. The van der Waals surface area contributed by atoms with Gasteiger partial charge < -0.3 is 9.84 Å². The summed E-state index contributed by atoms with van der Waals surface area (Å²) in [5, 5.41) is 9.41. The number of carbonyl (C=O) groups is 1. The van der Waals surface area contributed by atoms with E-state index < -0.39 is 0 Å². The maximum atomic E-state index is 12.2. The van der Waals surface area contributed by atoms with E-state index in [1.54, 1.807) is 18.2 Å². The summed E-state index contributed by atoms with van der Waals surface area (Å²) >= 11 is 0. The molecule has 4 heteroatoms. The second-order valence-corrected chi connectivity index (χ2v) is 6.16. The van der Waals surface area contributed by atoms with E-state index in [-0.39, 0.29) is 17.6 Å². The standard InChI is InChI=1S/C19H21NO3/c21-17-5-3-6-18(13-17)23-19(22)15-9-7-14(8-10-15)12-16-4-1-2-11-20-16/h1-6,11,13-15,21H,7-10,12H2. The van der Waals surface area contributed by atoms with Crippen LogP contribution in [0.25, 0.3) is 0 Å². The zero-order valence-corrected chi connectivity index (χ0v) is 13.0. The smallest absolute Gasteiger partial charge is 0.314 e. The maximum absolute atomic E-state index is 12.2. The molecule has 0 unspecified atom stereocenters. The van der Waals surface area contributed by atoms with Crippen LogP contribution in [0.4, 0.5) is 0 Å². The van der Waals surface area contributed by atoms with Gasteiger partial charge in [-0.2, -0.15) is 0 Å². The first-order chi connectivity index (χ1) is 11.2. The van der Waals surface area contributed by atoms with Crippen molar-refractivity contribution >= 4 is 5.97 Å². The number of phenolic OH excluding ortho intramolecular Hbond substituents is 1. The van der Waals surface area contributed by atoms with E-state index in [2.05, 4.69) is 11.1 Å². The summed E-state index contributed by atoms with van der Waals surface area (Å²) in [6.45, 7) is 0. The molecule has 4 nitrogen and oxygen atoms in total. The number of hydrogen-bond donors (Lipinski definition) is 1. The molecule has 1 saturated carbocycles. The fourth-order valence-corrected chi connectivity index (χ4v) is 3.16. The largest absolute Gasteiger partial charge is 0.508 e. The van der Waals surface area contributed by atoms with Gasteiger partial charge in [0.1, 0.15) is 11.5 Å². The van der Waals surface area contributed by atoms with Gasteiger partial charge in [-0.1, -0.05) is 12.1 Å². The van der Waals surface area contributed by atoms with Gasteiger partial charge in [-0.25, -0.2) is 0 Å². The Morgan fingerprint density at radius 3 is 2.65 bits per heavy atom. The quantitative estimate of drug-likeness (QED) is 0.690. The number of rotatable bonds is 4. The van der Waals surface area contributed by atoms with E-state index >= 15 is 0 Å². The summed E-state index contributed by atoms with van der Waals surface area (Å²) in [4.78, 5) is 16.6. The molecule has 1 heterocycles. The van der Waals surface area contributed by atoms with Crippen LogP contribution < -0.4 is 4.74 Å². The molecule has 2 aromatic rings. The van der Waals surface area contributed by atoms with Gasteiger partial charge in [-0.3, -0.25) is 9.78 Å². The zero-order chi connectivity index (χ0) is 16.1. The Bertz CT molecular complexity index is 649. The molecule has 0 amide bonds. The number of ether oxygens (including phenoxy) is 1. The van der Waals surface area contributed by atoms with E-state index in [1.165, 1.54) is 6.07 Å². The molecular formula is C19H21NO3. The van der Waals surface area contributed by atoms with Crippen LogP contribution in [0.1, 0.15) is 31.4 Å². The fourth-order valence-electron chi connectivity index (χ4n) is 3.16. The van der Waals surface area contributed by atoms with Crippen molar-refractivity contribution in [3.8, 4) is 11.5 Å². The molecule has 0 aliphatic heterocycles. The minimum atomic E-state index is -0.188. The molecule has 3 rings (SSSR count). The van der Waals surface area contributed by atoms with Crippen LogP contribution in [0.3, 0.4) is 0 Å². The third-order valence-corrected chi connectivity index (χ3v) is 4.44. The van der Waals surface area contributed by atoms with Gasteiger partial charge in [0.05, 0.1) is 5.92 Å². The molecule has 0 radical (unpaired) electrons. The topological polar surface area (TPSA) is 59.4 Å². The second kappa shape index (κ2) is 7.27. The Morgan fingerprint density at radius 2 is 1.96 bits per heavy atom. The van der Waals surface area contributed by atoms with Crippen molar-refractivity contribution in [2.45, 2.75) is 32.1 Å². The second-order valence-electron chi connectivity index (χ2n) is 6.16. The number of phenols is 1. The predicted octanol–water partition coefficient (Wildman–Crippen LogP) is 3.74. The Labute approximate surface area is 136 Å². The molecule has 1 aromatic heterocycles. The molecule has 1 aliphatic carbocycles. The Balaban J connectivity index is 1.49. The van der Waals surface area contributed by atoms with E-state index in [0.29, 0.717) is 11.7 Å². The molecule has 1 fully saturated rings. The fraction of sp³-hybridized carbons (Fsp3) is 0.368. The van der Waals surface area contributed by atoms with Gasteiger partial charge in [-0.15, -0.1) is 0 Å². The lowest BCUT2D eigenvalue weighted by Crippen LogP contribution is -2.26. The van der Waals surface area contributed by atoms with Crippen LogP contribution in [0, 0.1) is 11.8 Å². The molecule has 120 valence electrons. The van der Waals surface area contributed by atoms with Gasteiger partial charge in [0.2, 0.25) is 0 Å². The van der Waals surface area contributed by atoms with Crippen LogP contribution in [0.5, 0.6) is 11.5 Å². The number of hydrogen-bond acceptors (Lipinski definition) is 4. The number of aromatic nitrogens is 1. The minimum absolute atomic E-state index is 0.0441. The monoisotopic (exact) mass is 311 g/mol. The number of esters is 1. The van der Waals surface area contributed by atoms with Crippen molar-refractivity contribution < 1.29 is 14.6 Å². The van der Waals surface area contributed by atoms with Gasteiger partial charge >= 0.3 is 5.97 Å². The maximum Gasteiger partial charge on any atom is 0.314 e.